The zero-order chi connectivity index (χ0) is 15.3. The van der Waals surface area contributed by atoms with Crippen molar-refractivity contribution >= 4 is 16.1 Å². The lowest BCUT2D eigenvalue weighted by atomic mass is 9.86. The normalized spacial score (nSPS) is 42.6. The van der Waals surface area contributed by atoms with Gasteiger partial charge in [-0.05, 0) is 18.8 Å². The number of morpholine rings is 1. The molecule has 2 aliphatic carbocycles. The number of fused-ring (bicyclic) bond motifs is 1. The molecule has 2 aliphatic heterocycles. The average molecular weight is 331 g/mol. The number of carbonyl (C=O) groups is 1. The Morgan fingerprint density at radius 1 is 1.23 bits per heavy atom. The van der Waals surface area contributed by atoms with E-state index in [1.807, 2.05) is 0 Å². The SMILES string of the molecule is O=C(OCCN1CCOCC1)C1C2CC3C1OS(=O)(=O)C3C2. The van der Waals surface area contributed by atoms with Crippen LogP contribution in [0.4, 0.5) is 0 Å². The lowest BCUT2D eigenvalue weighted by molar-refractivity contribution is -0.153. The highest BCUT2D eigenvalue weighted by molar-refractivity contribution is 7.87. The molecule has 0 radical (unpaired) electrons. The molecule has 0 spiro atoms. The zero-order valence-electron chi connectivity index (χ0n) is 12.3. The number of esters is 1. The Morgan fingerprint density at radius 3 is 2.77 bits per heavy atom. The summed E-state index contributed by atoms with van der Waals surface area (Å²) in [5, 5.41) is -0.389. The van der Waals surface area contributed by atoms with Crippen LogP contribution in [0.1, 0.15) is 12.8 Å². The van der Waals surface area contributed by atoms with Crippen molar-refractivity contribution in [3.63, 3.8) is 0 Å². The first kappa shape index (κ1) is 14.9. The van der Waals surface area contributed by atoms with Gasteiger partial charge in [-0.2, -0.15) is 8.42 Å². The second-order valence-corrected chi connectivity index (χ2v) is 8.42. The molecule has 7 nitrogen and oxygen atoms in total. The minimum atomic E-state index is -3.47. The van der Waals surface area contributed by atoms with E-state index in [0.29, 0.717) is 19.6 Å². The van der Waals surface area contributed by atoms with Gasteiger partial charge in [0.15, 0.2) is 0 Å². The number of ether oxygens (including phenoxy) is 2. The number of rotatable bonds is 4. The fourth-order valence-corrected chi connectivity index (χ4v) is 6.35. The maximum atomic E-state index is 12.3. The summed E-state index contributed by atoms with van der Waals surface area (Å²) >= 11 is 0. The van der Waals surface area contributed by atoms with Crippen molar-refractivity contribution in [2.24, 2.45) is 17.8 Å². The molecule has 0 N–H and O–H groups in total. The monoisotopic (exact) mass is 331 g/mol. The highest BCUT2D eigenvalue weighted by Gasteiger charge is 2.66. The molecule has 2 saturated carbocycles. The molecule has 4 rings (SSSR count). The Labute approximate surface area is 130 Å². The molecule has 0 aromatic rings. The van der Waals surface area contributed by atoms with Gasteiger partial charge in [0.2, 0.25) is 0 Å². The van der Waals surface area contributed by atoms with Gasteiger partial charge in [-0.15, -0.1) is 0 Å². The molecule has 2 bridgehead atoms. The van der Waals surface area contributed by atoms with E-state index in [1.54, 1.807) is 0 Å². The Bertz CT molecular complexity index is 558. The van der Waals surface area contributed by atoms with E-state index in [-0.39, 0.29) is 23.1 Å². The second-order valence-electron chi connectivity index (χ2n) is 6.63. The Balaban J connectivity index is 1.32. The maximum absolute atomic E-state index is 12.3. The molecule has 5 unspecified atom stereocenters. The molecule has 22 heavy (non-hydrogen) atoms. The van der Waals surface area contributed by atoms with Crippen LogP contribution in [0, 0.1) is 17.8 Å². The van der Waals surface area contributed by atoms with E-state index in [9.17, 15) is 13.2 Å². The summed E-state index contributed by atoms with van der Waals surface area (Å²) in [6.07, 6.45) is 0.842. The number of hydrogen-bond donors (Lipinski definition) is 0. The Morgan fingerprint density at radius 2 is 2.00 bits per heavy atom. The van der Waals surface area contributed by atoms with E-state index in [2.05, 4.69) is 4.90 Å². The van der Waals surface area contributed by atoms with Gasteiger partial charge in [0.1, 0.15) is 6.61 Å². The van der Waals surface area contributed by atoms with E-state index in [1.165, 1.54) is 0 Å². The van der Waals surface area contributed by atoms with Crippen molar-refractivity contribution in [1.29, 1.82) is 0 Å². The quantitative estimate of drug-likeness (QED) is 0.513. The summed E-state index contributed by atoms with van der Waals surface area (Å²) in [6.45, 7) is 4.19. The first-order valence-corrected chi connectivity index (χ1v) is 9.42. The zero-order valence-corrected chi connectivity index (χ0v) is 13.2. The first-order chi connectivity index (χ1) is 10.6. The lowest BCUT2D eigenvalue weighted by Crippen LogP contribution is -2.40. The molecule has 5 atom stereocenters. The van der Waals surface area contributed by atoms with Crippen molar-refractivity contribution in [3.05, 3.63) is 0 Å². The standard InChI is InChI=1S/C14H21NO6S/c16-14(20-6-3-15-1-4-19-5-2-15)12-9-7-10-11(8-9)22(17,18)21-13(10)12/h9-13H,1-8H2. The van der Waals surface area contributed by atoms with Crippen molar-refractivity contribution in [3.8, 4) is 0 Å². The fourth-order valence-electron chi connectivity index (χ4n) is 4.46. The Kier molecular flexibility index (Phi) is 3.67. The van der Waals surface area contributed by atoms with Crippen LogP contribution < -0.4 is 0 Å². The van der Waals surface area contributed by atoms with Gasteiger partial charge in [0.25, 0.3) is 10.1 Å². The van der Waals surface area contributed by atoms with Crippen LogP contribution in [0.5, 0.6) is 0 Å². The van der Waals surface area contributed by atoms with Gasteiger partial charge in [-0.3, -0.25) is 13.9 Å². The van der Waals surface area contributed by atoms with E-state index >= 15 is 0 Å². The minimum Gasteiger partial charge on any atom is -0.464 e. The van der Waals surface area contributed by atoms with Crippen molar-refractivity contribution in [2.45, 2.75) is 24.2 Å². The highest BCUT2D eigenvalue weighted by atomic mass is 32.2. The number of hydrogen-bond acceptors (Lipinski definition) is 7. The number of carbonyl (C=O) groups excluding carboxylic acids is 1. The molecular formula is C14H21NO6S. The molecule has 0 aromatic heterocycles. The van der Waals surface area contributed by atoms with Gasteiger partial charge >= 0.3 is 5.97 Å². The van der Waals surface area contributed by atoms with Crippen LogP contribution in [0.3, 0.4) is 0 Å². The lowest BCUT2D eigenvalue weighted by Gasteiger charge is -2.27. The van der Waals surface area contributed by atoms with Crippen LogP contribution in [0.25, 0.3) is 0 Å². The van der Waals surface area contributed by atoms with E-state index in [0.717, 1.165) is 32.7 Å². The molecule has 2 saturated heterocycles. The van der Waals surface area contributed by atoms with E-state index in [4.69, 9.17) is 13.7 Å². The van der Waals surface area contributed by atoms with Crippen LogP contribution >= 0.6 is 0 Å². The van der Waals surface area contributed by atoms with Crippen molar-refractivity contribution < 1.29 is 26.9 Å². The third kappa shape index (κ3) is 2.36. The number of nitrogens with zero attached hydrogens (tertiary/aromatic N) is 1. The van der Waals surface area contributed by atoms with Crippen LogP contribution in [-0.4, -0.2) is 70.1 Å². The van der Waals surface area contributed by atoms with Crippen LogP contribution in [0.2, 0.25) is 0 Å². The molecule has 0 amide bonds. The second kappa shape index (κ2) is 5.43. The molecule has 0 aromatic carbocycles. The van der Waals surface area contributed by atoms with Gasteiger partial charge < -0.3 is 9.47 Å². The largest absolute Gasteiger partial charge is 0.464 e. The van der Waals surface area contributed by atoms with Gasteiger partial charge in [0, 0.05) is 25.6 Å². The predicted octanol–water partition coefficient (Wildman–Crippen LogP) is -0.385. The molecule has 4 fully saturated rings. The summed E-state index contributed by atoms with van der Waals surface area (Å²) in [7, 11) is -3.47. The Hall–Kier alpha value is -0.700. The molecule has 124 valence electrons. The predicted molar refractivity (Wildman–Crippen MR) is 75.5 cm³/mol. The molecule has 4 aliphatic rings. The molecule has 8 heteroatoms. The maximum Gasteiger partial charge on any atom is 0.311 e. The summed E-state index contributed by atoms with van der Waals surface area (Å²) in [5.74, 6) is -0.593. The summed E-state index contributed by atoms with van der Waals surface area (Å²) < 4.78 is 39.6. The summed E-state index contributed by atoms with van der Waals surface area (Å²) in [5.41, 5.74) is 0. The van der Waals surface area contributed by atoms with Crippen molar-refractivity contribution in [1.82, 2.24) is 4.90 Å². The third-order valence-electron chi connectivity index (χ3n) is 5.52. The van der Waals surface area contributed by atoms with Crippen LogP contribution in [-0.2, 0) is 28.6 Å². The van der Waals surface area contributed by atoms with Crippen molar-refractivity contribution in [2.75, 3.05) is 39.5 Å². The molecule has 2 heterocycles. The van der Waals surface area contributed by atoms with Gasteiger partial charge in [0.05, 0.1) is 30.5 Å². The first-order valence-electron chi connectivity index (χ1n) is 7.95. The summed E-state index contributed by atoms with van der Waals surface area (Å²) in [4.78, 5) is 14.5. The van der Waals surface area contributed by atoms with E-state index < -0.39 is 22.1 Å². The third-order valence-corrected chi connectivity index (χ3v) is 7.29. The minimum absolute atomic E-state index is 0.00760. The summed E-state index contributed by atoms with van der Waals surface area (Å²) in [6, 6.07) is 0. The molecular weight excluding hydrogens is 310 g/mol. The average Bonchev–Trinajstić information content (AvgIpc) is 3.10. The fraction of sp³-hybridized carbons (Fsp3) is 0.929. The smallest absolute Gasteiger partial charge is 0.311 e. The van der Waals surface area contributed by atoms with Crippen LogP contribution in [0.15, 0.2) is 0 Å². The highest BCUT2D eigenvalue weighted by Crippen LogP contribution is 2.57. The van der Waals surface area contributed by atoms with Gasteiger partial charge in [-0.25, -0.2) is 0 Å². The topological polar surface area (TPSA) is 82.1 Å². The van der Waals surface area contributed by atoms with Gasteiger partial charge in [-0.1, -0.05) is 0 Å².